The molecule has 0 aliphatic heterocycles. The summed E-state index contributed by atoms with van der Waals surface area (Å²) in [6.45, 7) is 4.19. The van der Waals surface area contributed by atoms with Crippen LogP contribution in [0.25, 0.3) is 0 Å². The van der Waals surface area contributed by atoms with Crippen molar-refractivity contribution in [1.82, 2.24) is 0 Å². The Hall–Kier alpha value is -1.12. The van der Waals surface area contributed by atoms with Crippen molar-refractivity contribution in [3.05, 3.63) is 69.2 Å². The van der Waals surface area contributed by atoms with Crippen molar-refractivity contribution >= 4 is 15.9 Å². The van der Waals surface area contributed by atoms with E-state index >= 15 is 0 Å². The van der Waals surface area contributed by atoms with Crippen LogP contribution in [0.5, 0.6) is 0 Å². The number of aryl methyl sites for hydroxylation is 2. The molecule has 0 aliphatic carbocycles. The van der Waals surface area contributed by atoms with Crippen LogP contribution in [0.1, 0.15) is 28.3 Å². The molecule has 2 rings (SSSR count). The maximum absolute atomic E-state index is 6.30. The molecule has 0 heterocycles. The molecule has 94 valence electrons. The predicted octanol–water partition coefficient (Wildman–Crippen LogP) is 4.31. The summed E-state index contributed by atoms with van der Waals surface area (Å²) in [6.07, 6.45) is 0.864. The van der Waals surface area contributed by atoms with Crippen molar-refractivity contribution in [1.29, 1.82) is 0 Å². The molecule has 0 bridgehead atoms. The zero-order valence-corrected chi connectivity index (χ0v) is 12.4. The first-order valence-corrected chi connectivity index (χ1v) is 6.93. The monoisotopic (exact) mass is 303 g/mol. The summed E-state index contributed by atoms with van der Waals surface area (Å²) >= 11 is 3.60. The fraction of sp³-hybridized carbons (Fsp3) is 0.250. The van der Waals surface area contributed by atoms with E-state index in [0.717, 1.165) is 10.9 Å². The SMILES string of the molecule is Cc1cccc(CC(N)c2ccc(C)cc2Br)c1. The van der Waals surface area contributed by atoms with E-state index in [1.165, 1.54) is 22.3 Å². The average Bonchev–Trinajstić information content (AvgIpc) is 2.28. The molecule has 0 spiro atoms. The van der Waals surface area contributed by atoms with Crippen LogP contribution in [-0.4, -0.2) is 0 Å². The summed E-state index contributed by atoms with van der Waals surface area (Å²) in [4.78, 5) is 0. The summed E-state index contributed by atoms with van der Waals surface area (Å²) in [6, 6.07) is 14.9. The lowest BCUT2D eigenvalue weighted by Crippen LogP contribution is -2.14. The van der Waals surface area contributed by atoms with Gasteiger partial charge in [-0.15, -0.1) is 0 Å². The van der Waals surface area contributed by atoms with Crippen LogP contribution >= 0.6 is 15.9 Å². The van der Waals surface area contributed by atoms with Gasteiger partial charge in [0, 0.05) is 10.5 Å². The first kappa shape index (κ1) is 13.3. The Morgan fingerprint density at radius 1 is 1.06 bits per heavy atom. The Morgan fingerprint density at radius 3 is 2.44 bits per heavy atom. The first-order chi connectivity index (χ1) is 8.56. The van der Waals surface area contributed by atoms with Crippen LogP contribution < -0.4 is 5.73 Å². The molecule has 0 aliphatic rings. The van der Waals surface area contributed by atoms with Crippen LogP contribution in [0, 0.1) is 13.8 Å². The van der Waals surface area contributed by atoms with E-state index in [2.05, 4.69) is 72.2 Å². The molecule has 1 unspecified atom stereocenters. The molecule has 18 heavy (non-hydrogen) atoms. The molecule has 2 N–H and O–H groups in total. The van der Waals surface area contributed by atoms with E-state index in [1.54, 1.807) is 0 Å². The third-order valence-electron chi connectivity index (χ3n) is 3.09. The third kappa shape index (κ3) is 3.21. The molecule has 1 atom stereocenters. The van der Waals surface area contributed by atoms with Crippen LogP contribution in [0.4, 0.5) is 0 Å². The van der Waals surface area contributed by atoms with Gasteiger partial charge >= 0.3 is 0 Å². The Kier molecular flexibility index (Phi) is 4.20. The molecule has 1 nitrogen and oxygen atoms in total. The van der Waals surface area contributed by atoms with Crippen molar-refractivity contribution < 1.29 is 0 Å². The minimum atomic E-state index is 0.0294. The van der Waals surface area contributed by atoms with Crippen LogP contribution in [0.15, 0.2) is 46.9 Å². The smallest absolute Gasteiger partial charge is 0.0347 e. The highest BCUT2D eigenvalue weighted by atomic mass is 79.9. The van der Waals surface area contributed by atoms with Crippen molar-refractivity contribution in [3.8, 4) is 0 Å². The lowest BCUT2D eigenvalue weighted by molar-refractivity contribution is 0.718. The maximum atomic E-state index is 6.30. The van der Waals surface area contributed by atoms with Gasteiger partial charge in [0.25, 0.3) is 0 Å². The van der Waals surface area contributed by atoms with E-state index in [0.29, 0.717) is 0 Å². The number of hydrogen-bond acceptors (Lipinski definition) is 1. The van der Waals surface area contributed by atoms with Crippen molar-refractivity contribution in [2.45, 2.75) is 26.3 Å². The van der Waals surface area contributed by atoms with Gasteiger partial charge in [-0.2, -0.15) is 0 Å². The molecular formula is C16H18BrN. The number of halogens is 1. The summed E-state index contributed by atoms with van der Waals surface area (Å²) in [5.41, 5.74) is 11.3. The quantitative estimate of drug-likeness (QED) is 0.898. The summed E-state index contributed by atoms with van der Waals surface area (Å²) < 4.78 is 1.10. The van der Waals surface area contributed by atoms with Gasteiger partial charge < -0.3 is 5.73 Å². The molecule has 2 heteroatoms. The number of benzene rings is 2. The predicted molar refractivity (Wildman–Crippen MR) is 80.7 cm³/mol. The van der Waals surface area contributed by atoms with Gasteiger partial charge in [-0.1, -0.05) is 57.9 Å². The molecule has 2 aromatic rings. The molecule has 0 radical (unpaired) electrons. The Morgan fingerprint density at radius 2 is 1.78 bits per heavy atom. The van der Waals surface area contributed by atoms with Crippen molar-refractivity contribution in [2.75, 3.05) is 0 Å². The van der Waals surface area contributed by atoms with Crippen molar-refractivity contribution in [3.63, 3.8) is 0 Å². The van der Waals surface area contributed by atoms with Gasteiger partial charge in [-0.25, -0.2) is 0 Å². The number of nitrogens with two attached hydrogens (primary N) is 1. The van der Waals surface area contributed by atoms with E-state index in [9.17, 15) is 0 Å². The van der Waals surface area contributed by atoms with Gasteiger partial charge in [0.05, 0.1) is 0 Å². The molecular weight excluding hydrogens is 286 g/mol. The second kappa shape index (κ2) is 5.68. The molecule has 2 aromatic carbocycles. The molecule has 0 saturated heterocycles. The van der Waals surface area contributed by atoms with Gasteiger partial charge in [-0.3, -0.25) is 0 Å². The third-order valence-corrected chi connectivity index (χ3v) is 3.78. The van der Waals surface area contributed by atoms with Gasteiger partial charge in [0.15, 0.2) is 0 Å². The highest BCUT2D eigenvalue weighted by Crippen LogP contribution is 2.25. The van der Waals surface area contributed by atoms with Crippen LogP contribution in [0.3, 0.4) is 0 Å². The second-order valence-corrected chi connectivity index (χ2v) is 5.68. The Labute approximate surface area is 117 Å². The molecule has 0 aromatic heterocycles. The highest BCUT2D eigenvalue weighted by Gasteiger charge is 2.10. The van der Waals surface area contributed by atoms with Crippen LogP contribution in [-0.2, 0) is 6.42 Å². The standard InChI is InChI=1S/C16H18BrN/c1-11-4-3-5-13(8-11)10-16(18)14-7-6-12(2)9-15(14)17/h3-9,16H,10,18H2,1-2H3. The van der Waals surface area contributed by atoms with Crippen LogP contribution in [0.2, 0.25) is 0 Å². The normalized spacial score (nSPS) is 12.4. The van der Waals surface area contributed by atoms with E-state index < -0.39 is 0 Å². The van der Waals surface area contributed by atoms with Gasteiger partial charge in [0.1, 0.15) is 0 Å². The number of hydrogen-bond donors (Lipinski definition) is 1. The van der Waals surface area contributed by atoms with Crippen molar-refractivity contribution in [2.24, 2.45) is 5.73 Å². The largest absolute Gasteiger partial charge is 0.324 e. The van der Waals surface area contributed by atoms with E-state index in [1.807, 2.05) is 0 Å². The Balaban J connectivity index is 2.19. The molecule has 0 fully saturated rings. The highest BCUT2D eigenvalue weighted by molar-refractivity contribution is 9.10. The lowest BCUT2D eigenvalue weighted by Gasteiger charge is -2.15. The Bertz CT molecular complexity index is 549. The van der Waals surface area contributed by atoms with E-state index in [-0.39, 0.29) is 6.04 Å². The molecule has 0 amide bonds. The number of rotatable bonds is 3. The van der Waals surface area contributed by atoms with Gasteiger partial charge in [-0.05, 0) is 43.0 Å². The second-order valence-electron chi connectivity index (χ2n) is 4.82. The zero-order valence-electron chi connectivity index (χ0n) is 10.8. The summed E-state index contributed by atoms with van der Waals surface area (Å²) in [5, 5.41) is 0. The summed E-state index contributed by atoms with van der Waals surface area (Å²) in [5.74, 6) is 0. The molecule has 0 saturated carbocycles. The average molecular weight is 304 g/mol. The zero-order chi connectivity index (χ0) is 13.1. The fourth-order valence-electron chi connectivity index (χ4n) is 2.14. The minimum absolute atomic E-state index is 0.0294. The van der Waals surface area contributed by atoms with E-state index in [4.69, 9.17) is 5.73 Å². The summed E-state index contributed by atoms with van der Waals surface area (Å²) in [7, 11) is 0. The minimum Gasteiger partial charge on any atom is -0.324 e. The lowest BCUT2D eigenvalue weighted by atomic mass is 9.98. The maximum Gasteiger partial charge on any atom is 0.0347 e. The first-order valence-electron chi connectivity index (χ1n) is 6.13. The topological polar surface area (TPSA) is 26.0 Å². The fourth-order valence-corrected chi connectivity index (χ4v) is 2.92. The van der Waals surface area contributed by atoms with Gasteiger partial charge in [0.2, 0.25) is 0 Å².